The number of benzene rings is 4. The third-order valence-corrected chi connectivity index (χ3v) is 8.01. The number of nitrogens with one attached hydrogen (secondary N) is 1. The monoisotopic (exact) mass is 538 g/mol. The standard InChI is InChI=1S/C31H26N2O5S/c1-2-37-31(34)30-29(26-16-10-9-13-23(26)20-32)27-19-24(38-21-22-11-5-3-6-12-22)17-18-28(27)33(30)39(35,36)25-14-7-4-8-15-25/h3-20,32H,2,21H2,1H3. The van der Waals surface area contributed by atoms with Crippen molar-refractivity contribution in [2.75, 3.05) is 6.61 Å². The lowest BCUT2D eigenvalue weighted by atomic mass is 9.97. The van der Waals surface area contributed by atoms with E-state index in [1.165, 1.54) is 18.3 Å². The second kappa shape index (κ2) is 11.0. The molecule has 5 rings (SSSR count). The summed E-state index contributed by atoms with van der Waals surface area (Å²) in [4.78, 5) is 13.5. The molecule has 0 saturated carbocycles. The van der Waals surface area contributed by atoms with E-state index >= 15 is 0 Å². The molecule has 1 N–H and O–H groups in total. The highest BCUT2D eigenvalue weighted by molar-refractivity contribution is 7.90. The summed E-state index contributed by atoms with van der Waals surface area (Å²) >= 11 is 0. The summed E-state index contributed by atoms with van der Waals surface area (Å²) in [7, 11) is -4.22. The van der Waals surface area contributed by atoms with Crippen LogP contribution in [0.4, 0.5) is 0 Å². The van der Waals surface area contributed by atoms with Gasteiger partial charge in [-0.25, -0.2) is 17.2 Å². The van der Waals surface area contributed by atoms with Crippen LogP contribution in [0.25, 0.3) is 22.0 Å². The van der Waals surface area contributed by atoms with Crippen molar-refractivity contribution in [1.82, 2.24) is 3.97 Å². The Morgan fingerprint density at radius 1 is 0.897 bits per heavy atom. The highest BCUT2D eigenvalue weighted by Crippen LogP contribution is 2.40. The van der Waals surface area contributed by atoms with Crippen molar-refractivity contribution >= 4 is 33.1 Å². The largest absolute Gasteiger partial charge is 0.489 e. The number of aromatic nitrogens is 1. The van der Waals surface area contributed by atoms with E-state index in [-0.39, 0.29) is 17.2 Å². The van der Waals surface area contributed by atoms with E-state index in [2.05, 4.69) is 0 Å². The minimum absolute atomic E-state index is 0.0312. The van der Waals surface area contributed by atoms with Gasteiger partial charge in [0.25, 0.3) is 10.0 Å². The molecule has 196 valence electrons. The van der Waals surface area contributed by atoms with E-state index in [0.29, 0.717) is 39.9 Å². The van der Waals surface area contributed by atoms with Crippen LogP contribution in [0, 0.1) is 5.41 Å². The molecule has 7 nitrogen and oxygen atoms in total. The summed E-state index contributed by atoms with van der Waals surface area (Å²) in [5.74, 6) is -0.278. The lowest BCUT2D eigenvalue weighted by molar-refractivity contribution is 0.0519. The highest BCUT2D eigenvalue weighted by Gasteiger charge is 2.33. The topological polar surface area (TPSA) is 98.4 Å². The van der Waals surface area contributed by atoms with E-state index in [1.54, 1.807) is 67.6 Å². The van der Waals surface area contributed by atoms with Gasteiger partial charge in [0, 0.05) is 17.2 Å². The number of hydrogen-bond donors (Lipinski definition) is 1. The predicted molar refractivity (Wildman–Crippen MR) is 151 cm³/mol. The average Bonchev–Trinajstić information content (AvgIpc) is 3.32. The fourth-order valence-corrected chi connectivity index (χ4v) is 6.06. The van der Waals surface area contributed by atoms with Crippen molar-refractivity contribution in [2.45, 2.75) is 18.4 Å². The average molecular weight is 539 g/mol. The van der Waals surface area contributed by atoms with Gasteiger partial charge in [-0.05, 0) is 53.9 Å². The molecule has 0 aliphatic heterocycles. The van der Waals surface area contributed by atoms with Crippen LogP contribution in [0.1, 0.15) is 28.5 Å². The first-order valence-corrected chi connectivity index (χ1v) is 13.8. The van der Waals surface area contributed by atoms with Crippen LogP contribution in [0.15, 0.2) is 108 Å². The Morgan fingerprint density at radius 3 is 2.26 bits per heavy atom. The Labute approximate surface area is 226 Å². The van der Waals surface area contributed by atoms with Gasteiger partial charge in [-0.2, -0.15) is 0 Å². The van der Waals surface area contributed by atoms with Gasteiger partial charge >= 0.3 is 5.97 Å². The molecule has 5 aromatic rings. The molecule has 8 heteroatoms. The van der Waals surface area contributed by atoms with Crippen LogP contribution in [-0.2, 0) is 21.4 Å². The van der Waals surface area contributed by atoms with Gasteiger partial charge in [-0.3, -0.25) is 0 Å². The van der Waals surface area contributed by atoms with Crippen molar-refractivity contribution in [1.29, 1.82) is 5.41 Å². The maximum absolute atomic E-state index is 14.1. The summed E-state index contributed by atoms with van der Waals surface area (Å²) in [6.45, 7) is 2.03. The number of nitrogens with zero attached hydrogens (tertiary/aromatic N) is 1. The number of hydrogen-bond acceptors (Lipinski definition) is 6. The molecule has 0 aliphatic rings. The van der Waals surface area contributed by atoms with E-state index in [1.807, 2.05) is 30.3 Å². The zero-order valence-electron chi connectivity index (χ0n) is 21.2. The molecule has 0 aliphatic carbocycles. The Kier molecular flexibility index (Phi) is 7.29. The lowest BCUT2D eigenvalue weighted by Crippen LogP contribution is -2.20. The van der Waals surface area contributed by atoms with Crippen LogP contribution in [0.2, 0.25) is 0 Å². The van der Waals surface area contributed by atoms with E-state index < -0.39 is 16.0 Å². The molecule has 0 bridgehead atoms. The van der Waals surface area contributed by atoms with Crippen LogP contribution in [0.5, 0.6) is 5.75 Å². The summed E-state index contributed by atoms with van der Waals surface area (Å²) in [6, 6.07) is 29.7. The third-order valence-electron chi connectivity index (χ3n) is 6.28. The lowest BCUT2D eigenvalue weighted by Gasteiger charge is -2.13. The third kappa shape index (κ3) is 4.94. The molecule has 0 spiro atoms. The quantitative estimate of drug-likeness (QED) is 0.175. The molecule has 1 heterocycles. The van der Waals surface area contributed by atoms with Gasteiger partial charge in [0.15, 0.2) is 5.69 Å². The molecular formula is C31H26N2O5S. The van der Waals surface area contributed by atoms with Gasteiger partial charge in [0.05, 0.1) is 17.0 Å². The first kappa shape index (κ1) is 25.9. The van der Waals surface area contributed by atoms with E-state index in [4.69, 9.17) is 14.9 Å². The van der Waals surface area contributed by atoms with Gasteiger partial charge in [-0.15, -0.1) is 0 Å². The van der Waals surface area contributed by atoms with Gasteiger partial charge in [-0.1, -0.05) is 72.8 Å². The molecule has 0 fully saturated rings. The zero-order chi connectivity index (χ0) is 27.4. The molecule has 0 radical (unpaired) electrons. The fraction of sp³-hybridized carbons (Fsp3) is 0.0968. The zero-order valence-corrected chi connectivity index (χ0v) is 22.0. The predicted octanol–water partition coefficient (Wildman–Crippen LogP) is 6.30. The Bertz CT molecular complexity index is 1760. The van der Waals surface area contributed by atoms with Crippen molar-refractivity contribution in [3.63, 3.8) is 0 Å². The molecule has 4 aromatic carbocycles. The van der Waals surface area contributed by atoms with E-state index in [0.717, 1.165) is 9.54 Å². The smallest absolute Gasteiger partial charge is 0.356 e. The second-order valence-corrected chi connectivity index (χ2v) is 10.5. The number of esters is 1. The summed E-state index contributed by atoms with van der Waals surface area (Å²) in [5.41, 5.74) is 2.54. The van der Waals surface area contributed by atoms with Crippen molar-refractivity contribution in [3.8, 4) is 16.9 Å². The normalized spacial score (nSPS) is 11.3. The maximum Gasteiger partial charge on any atom is 0.356 e. The minimum Gasteiger partial charge on any atom is -0.489 e. The van der Waals surface area contributed by atoms with Gasteiger partial charge < -0.3 is 14.9 Å². The highest BCUT2D eigenvalue weighted by atomic mass is 32.2. The van der Waals surface area contributed by atoms with Crippen molar-refractivity contribution in [3.05, 3.63) is 120 Å². The molecule has 1 aromatic heterocycles. The number of fused-ring (bicyclic) bond motifs is 1. The maximum atomic E-state index is 14.1. The van der Waals surface area contributed by atoms with Crippen LogP contribution < -0.4 is 4.74 Å². The first-order chi connectivity index (χ1) is 19.0. The fourth-order valence-electron chi connectivity index (χ4n) is 4.53. The number of carbonyl (C=O) groups excluding carboxylic acids is 1. The van der Waals surface area contributed by atoms with Gasteiger partial charge in [0.2, 0.25) is 0 Å². The number of carbonyl (C=O) groups is 1. The van der Waals surface area contributed by atoms with E-state index in [9.17, 15) is 13.2 Å². The Balaban J connectivity index is 1.82. The van der Waals surface area contributed by atoms with Crippen LogP contribution in [0.3, 0.4) is 0 Å². The van der Waals surface area contributed by atoms with Crippen LogP contribution >= 0.6 is 0 Å². The molecule has 0 atom stereocenters. The first-order valence-electron chi connectivity index (χ1n) is 12.4. The molecule has 0 amide bonds. The number of ether oxygens (including phenoxy) is 2. The molecule has 0 saturated heterocycles. The number of rotatable bonds is 9. The molecular weight excluding hydrogens is 512 g/mol. The Hall–Kier alpha value is -4.69. The molecule has 0 unspecified atom stereocenters. The molecule has 39 heavy (non-hydrogen) atoms. The second-order valence-electron chi connectivity index (χ2n) is 8.71. The van der Waals surface area contributed by atoms with Gasteiger partial charge in [0.1, 0.15) is 12.4 Å². The Morgan fingerprint density at radius 2 is 1.56 bits per heavy atom. The SMILES string of the molecule is CCOC(=O)c1c(-c2ccccc2C=N)c2cc(OCc3ccccc3)ccc2n1S(=O)(=O)c1ccccc1. The summed E-state index contributed by atoms with van der Waals surface area (Å²) < 4.78 is 40.6. The van der Waals surface area contributed by atoms with Crippen LogP contribution in [-0.4, -0.2) is 31.2 Å². The summed E-state index contributed by atoms with van der Waals surface area (Å²) in [5, 5.41) is 8.46. The van der Waals surface area contributed by atoms with Crippen molar-refractivity contribution in [2.24, 2.45) is 0 Å². The summed E-state index contributed by atoms with van der Waals surface area (Å²) in [6.07, 6.45) is 1.18. The van der Waals surface area contributed by atoms with Crippen molar-refractivity contribution < 1.29 is 22.7 Å². The minimum atomic E-state index is -4.22.